The summed E-state index contributed by atoms with van der Waals surface area (Å²) in [5.74, 6) is 0.557. The van der Waals surface area contributed by atoms with Crippen molar-refractivity contribution in [2.45, 2.75) is 25.3 Å². The Hall–Kier alpha value is -1.47. The lowest BCUT2D eigenvalue weighted by atomic mass is 10.4. The Morgan fingerprint density at radius 2 is 1.89 bits per heavy atom. The molecule has 0 amide bonds. The van der Waals surface area contributed by atoms with Gasteiger partial charge < -0.3 is 0 Å². The van der Waals surface area contributed by atoms with Gasteiger partial charge >= 0.3 is 0 Å². The van der Waals surface area contributed by atoms with E-state index in [4.69, 9.17) is 10.7 Å². The second kappa shape index (κ2) is 4.66. The molecule has 96 valence electrons. The van der Waals surface area contributed by atoms with Gasteiger partial charge in [0.2, 0.25) is 0 Å². The van der Waals surface area contributed by atoms with Gasteiger partial charge in [-0.3, -0.25) is 4.68 Å². The van der Waals surface area contributed by atoms with Gasteiger partial charge in [-0.15, -0.1) is 0 Å². The molecule has 0 aliphatic carbocycles. The van der Waals surface area contributed by atoms with Gasteiger partial charge in [-0.2, -0.15) is 5.10 Å². The first-order valence-electron chi connectivity index (χ1n) is 5.14. The third-order valence-electron chi connectivity index (χ3n) is 2.47. The van der Waals surface area contributed by atoms with Crippen molar-refractivity contribution in [3.05, 3.63) is 35.7 Å². The summed E-state index contributed by atoms with van der Waals surface area (Å²) in [6, 6.07) is 1.71. The zero-order valence-corrected chi connectivity index (χ0v) is 11.4. The van der Waals surface area contributed by atoms with E-state index in [0.717, 1.165) is 0 Å². The fourth-order valence-corrected chi connectivity index (χ4v) is 3.25. The number of hydrogen-bond donors (Lipinski definition) is 0. The lowest BCUT2D eigenvalue weighted by molar-refractivity contribution is 0.606. The van der Waals surface area contributed by atoms with Crippen molar-refractivity contribution in [3.8, 4) is 0 Å². The highest BCUT2D eigenvalue weighted by molar-refractivity contribution is 8.13. The fourth-order valence-electron chi connectivity index (χ4n) is 1.73. The molecule has 2 aromatic heterocycles. The zero-order chi connectivity index (χ0) is 13.3. The molecule has 0 radical (unpaired) electrons. The third-order valence-corrected chi connectivity index (χ3v) is 4.01. The molecule has 2 heterocycles. The third kappa shape index (κ3) is 2.51. The molecule has 0 spiro atoms. The second-order valence-electron chi connectivity index (χ2n) is 3.76. The highest BCUT2D eigenvalue weighted by Gasteiger charge is 2.22. The molecule has 2 aromatic rings. The van der Waals surface area contributed by atoms with E-state index in [9.17, 15) is 8.42 Å². The summed E-state index contributed by atoms with van der Waals surface area (Å²) in [7, 11) is 1.59. The standard InChI is InChI=1S/C10H11ClN4O2S/c1-7-10(18(11,16)17)8(2)15(14-7)6-9-12-4-3-5-13-9/h3-5H,6H2,1-2H3. The van der Waals surface area contributed by atoms with E-state index in [1.54, 1.807) is 32.3 Å². The minimum atomic E-state index is -3.79. The van der Waals surface area contributed by atoms with Crippen molar-refractivity contribution in [3.63, 3.8) is 0 Å². The Morgan fingerprint density at radius 3 is 2.39 bits per heavy atom. The minimum Gasteiger partial charge on any atom is -0.261 e. The summed E-state index contributed by atoms with van der Waals surface area (Å²) in [6.45, 7) is 3.56. The van der Waals surface area contributed by atoms with Gasteiger partial charge in [0.25, 0.3) is 9.05 Å². The van der Waals surface area contributed by atoms with E-state index < -0.39 is 9.05 Å². The molecule has 0 unspecified atom stereocenters. The van der Waals surface area contributed by atoms with Crippen molar-refractivity contribution >= 4 is 19.7 Å². The lowest BCUT2D eigenvalue weighted by Gasteiger charge is -2.02. The zero-order valence-electron chi connectivity index (χ0n) is 9.83. The van der Waals surface area contributed by atoms with Crippen LogP contribution in [0.4, 0.5) is 0 Å². The van der Waals surface area contributed by atoms with Crippen LogP contribution in [0.5, 0.6) is 0 Å². The molecule has 18 heavy (non-hydrogen) atoms. The van der Waals surface area contributed by atoms with Crippen molar-refractivity contribution in [1.82, 2.24) is 19.7 Å². The molecule has 0 fully saturated rings. The van der Waals surface area contributed by atoms with E-state index in [2.05, 4.69) is 15.1 Å². The van der Waals surface area contributed by atoms with Crippen LogP contribution in [0.3, 0.4) is 0 Å². The first-order chi connectivity index (χ1) is 8.39. The first-order valence-corrected chi connectivity index (χ1v) is 7.45. The Morgan fingerprint density at radius 1 is 1.28 bits per heavy atom. The average Bonchev–Trinajstić information content (AvgIpc) is 2.54. The summed E-state index contributed by atoms with van der Waals surface area (Å²) in [4.78, 5) is 8.18. The molecule has 0 aliphatic rings. The molecule has 0 aliphatic heterocycles. The van der Waals surface area contributed by atoms with Crippen LogP contribution in [-0.4, -0.2) is 28.2 Å². The fraction of sp³-hybridized carbons (Fsp3) is 0.300. The van der Waals surface area contributed by atoms with Crippen molar-refractivity contribution < 1.29 is 8.42 Å². The van der Waals surface area contributed by atoms with Crippen LogP contribution in [0.1, 0.15) is 17.2 Å². The normalized spacial score (nSPS) is 11.7. The Bertz CT molecular complexity index is 667. The maximum Gasteiger partial charge on any atom is 0.264 e. The maximum absolute atomic E-state index is 11.4. The minimum absolute atomic E-state index is 0.0556. The van der Waals surface area contributed by atoms with E-state index >= 15 is 0 Å². The number of aryl methyl sites for hydroxylation is 1. The Balaban J connectivity index is 2.43. The van der Waals surface area contributed by atoms with Gasteiger partial charge in [0.1, 0.15) is 17.3 Å². The van der Waals surface area contributed by atoms with Gasteiger partial charge in [-0.1, -0.05) is 0 Å². The van der Waals surface area contributed by atoms with E-state index in [1.165, 1.54) is 4.68 Å². The average molecular weight is 287 g/mol. The topological polar surface area (TPSA) is 77.7 Å². The largest absolute Gasteiger partial charge is 0.264 e. The van der Waals surface area contributed by atoms with Crippen LogP contribution < -0.4 is 0 Å². The van der Waals surface area contributed by atoms with E-state index in [1.807, 2.05) is 0 Å². The molecule has 2 rings (SSSR count). The molecular formula is C10H11ClN4O2S. The number of nitrogens with zero attached hydrogens (tertiary/aromatic N) is 4. The highest BCUT2D eigenvalue weighted by Crippen LogP contribution is 2.23. The predicted octanol–water partition coefficient (Wildman–Crippen LogP) is 1.27. The maximum atomic E-state index is 11.4. The molecule has 0 N–H and O–H groups in total. The molecule has 0 aromatic carbocycles. The number of rotatable bonds is 3. The Labute approximate surface area is 109 Å². The Kier molecular flexibility index (Phi) is 3.36. The quantitative estimate of drug-likeness (QED) is 0.794. The number of hydrogen-bond acceptors (Lipinski definition) is 5. The number of halogens is 1. The molecule has 0 bridgehead atoms. The van der Waals surface area contributed by atoms with Crippen LogP contribution in [0.15, 0.2) is 23.4 Å². The molecular weight excluding hydrogens is 276 g/mol. The summed E-state index contributed by atoms with van der Waals surface area (Å²) in [5.41, 5.74) is 0.855. The van der Waals surface area contributed by atoms with Gasteiger partial charge in [0.05, 0.1) is 11.4 Å². The first kappa shape index (κ1) is 13.0. The van der Waals surface area contributed by atoms with Crippen LogP contribution in [0, 0.1) is 13.8 Å². The summed E-state index contributed by atoms with van der Waals surface area (Å²) < 4.78 is 24.4. The van der Waals surface area contributed by atoms with E-state index in [0.29, 0.717) is 23.8 Å². The van der Waals surface area contributed by atoms with Crippen LogP contribution >= 0.6 is 10.7 Å². The lowest BCUT2D eigenvalue weighted by Crippen LogP contribution is -2.07. The second-order valence-corrected chi connectivity index (χ2v) is 6.26. The van der Waals surface area contributed by atoms with Crippen LogP contribution in [0.25, 0.3) is 0 Å². The van der Waals surface area contributed by atoms with Crippen LogP contribution in [0.2, 0.25) is 0 Å². The van der Waals surface area contributed by atoms with E-state index in [-0.39, 0.29) is 4.90 Å². The van der Waals surface area contributed by atoms with Gasteiger partial charge in [-0.25, -0.2) is 18.4 Å². The smallest absolute Gasteiger partial charge is 0.261 e. The van der Waals surface area contributed by atoms with Gasteiger partial charge in [0.15, 0.2) is 0 Å². The van der Waals surface area contributed by atoms with Crippen molar-refractivity contribution in [2.75, 3.05) is 0 Å². The SMILES string of the molecule is Cc1nn(Cc2ncccn2)c(C)c1S(=O)(=O)Cl. The highest BCUT2D eigenvalue weighted by atomic mass is 35.7. The van der Waals surface area contributed by atoms with Gasteiger partial charge in [0, 0.05) is 23.1 Å². The molecule has 0 saturated heterocycles. The summed E-state index contributed by atoms with van der Waals surface area (Å²) in [5, 5.41) is 4.14. The summed E-state index contributed by atoms with van der Waals surface area (Å²) >= 11 is 0. The van der Waals surface area contributed by atoms with Crippen molar-refractivity contribution in [1.29, 1.82) is 0 Å². The number of aromatic nitrogens is 4. The predicted molar refractivity (Wildman–Crippen MR) is 65.9 cm³/mol. The van der Waals surface area contributed by atoms with Crippen molar-refractivity contribution in [2.24, 2.45) is 0 Å². The molecule has 8 heteroatoms. The monoisotopic (exact) mass is 286 g/mol. The molecule has 6 nitrogen and oxygen atoms in total. The molecule has 0 atom stereocenters. The molecule has 0 saturated carbocycles. The van der Waals surface area contributed by atoms with Crippen LogP contribution in [-0.2, 0) is 15.6 Å². The summed E-state index contributed by atoms with van der Waals surface area (Å²) in [6.07, 6.45) is 3.24. The van der Waals surface area contributed by atoms with Gasteiger partial charge in [-0.05, 0) is 19.9 Å².